The van der Waals surface area contributed by atoms with Gasteiger partial charge in [0, 0.05) is 0 Å². The largest absolute Gasteiger partial charge is 0.443 e. The Bertz CT molecular complexity index is 912. The second kappa shape index (κ2) is 8.29. The Labute approximate surface area is 181 Å². The van der Waals surface area contributed by atoms with Crippen molar-refractivity contribution in [2.45, 2.75) is 43.9 Å². The van der Waals surface area contributed by atoms with Crippen LogP contribution in [0.2, 0.25) is 0 Å². The van der Waals surface area contributed by atoms with Crippen molar-refractivity contribution in [3.8, 4) is 0 Å². The highest BCUT2D eigenvalue weighted by atomic mass is 32.2. The molecule has 5 atom stereocenters. The average molecular weight is 444 g/mol. The molecule has 2 aromatic rings. The number of amides is 2. The van der Waals surface area contributed by atoms with Crippen molar-refractivity contribution in [3.05, 3.63) is 71.8 Å². The normalized spacial score (nSPS) is 28.5. The number of hydrogen-bond acceptors (Lipinski definition) is 7. The Morgan fingerprint density at radius 3 is 1.65 bits per heavy atom. The van der Waals surface area contributed by atoms with Crippen LogP contribution in [0.5, 0.6) is 0 Å². The minimum Gasteiger partial charge on any atom is -0.443 e. The van der Waals surface area contributed by atoms with Crippen molar-refractivity contribution in [2.75, 3.05) is 0 Å². The van der Waals surface area contributed by atoms with E-state index in [-0.39, 0.29) is 13.2 Å². The molecule has 5 rings (SSSR count). The number of carbonyl (C=O) groups is 2. The maximum atomic E-state index is 12.9. The number of nitrogens with zero attached hydrogens (tertiary/aromatic N) is 2. The number of hydrogen-bond donors (Lipinski definition) is 0. The summed E-state index contributed by atoms with van der Waals surface area (Å²) in [5.74, 6) is 0. The van der Waals surface area contributed by atoms with E-state index in [2.05, 4.69) is 0 Å². The third-order valence-electron chi connectivity index (χ3n) is 5.59. The lowest BCUT2D eigenvalue weighted by Gasteiger charge is -2.39. The van der Waals surface area contributed by atoms with Gasteiger partial charge in [-0.1, -0.05) is 60.7 Å². The van der Waals surface area contributed by atoms with Crippen LogP contribution in [0.3, 0.4) is 0 Å². The molecule has 3 fully saturated rings. The molecule has 2 saturated heterocycles. The van der Waals surface area contributed by atoms with Crippen LogP contribution in [0.25, 0.3) is 0 Å². The van der Waals surface area contributed by atoms with Gasteiger partial charge in [-0.05, 0) is 17.5 Å². The Kier molecular flexibility index (Phi) is 5.34. The third-order valence-corrected chi connectivity index (χ3v) is 6.35. The molecule has 162 valence electrons. The summed E-state index contributed by atoms with van der Waals surface area (Å²) in [5.41, 5.74) is 1.63. The van der Waals surface area contributed by atoms with Gasteiger partial charge in [-0.15, -0.1) is 0 Å². The van der Waals surface area contributed by atoms with Gasteiger partial charge >= 0.3 is 23.5 Å². The summed E-state index contributed by atoms with van der Waals surface area (Å²) in [6, 6.07) is 17.4. The van der Waals surface area contributed by atoms with Crippen molar-refractivity contribution in [2.24, 2.45) is 0 Å². The molecular formula is C21H20N2O7S. The second-order valence-electron chi connectivity index (χ2n) is 7.47. The fourth-order valence-corrected chi connectivity index (χ4v) is 5.09. The summed E-state index contributed by atoms with van der Waals surface area (Å²) >= 11 is -1.91. The van der Waals surface area contributed by atoms with Crippen LogP contribution in [-0.4, -0.2) is 50.7 Å². The molecule has 2 heterocycles. The average Bonchev–Trinajstić information content (AvgIpc) is 3.47. The third kappa shape index (κ3) is 3.78. The van der Waals surface area contributed by atoms with Crippen LogP contribution >= 0.6 is 0 Å². The molecular weight excluding hydrogens is 424 g/mol. The smallest absolute Gasteiger partial charge is 0.429 e. The van der Waals surface area contributed by atoms with Gasteiger partial charge in [-0.25, -0.2) is 19.6 Å². The van der Waals surface area contributed by atoms with Gasteiger partial charge in [-0.2, -0.15) is 4.21 Å². The van der Waals surface area contributed by atoms with Gasteiger partial charge in [0.15, 0.2) is 0 Å². The first-order valence-electron chi connectivity index (χ1n) is 9.87. The first-order chi connectivity index (χ1) is 15.1. The number of fused-ring (bicyclic) bond motifs is 5. The highest BCUT2D eigenvalue weighted by molar-refractivity contribution is 7.75. The molecule has 1 saturated carbocycles. The maximum absolute atomic E-state index is 12.9. The van der Waals surface area contributed by atoms with Crippen LogP contribution in [0, 0.1) is 0 Å². The molecule has 2 amide bonds. The predicted molar refractivity (Wildman–Crippen MR) is 107 cm³/mol. The molecule has 2 aliphatic heterocycles. The topological polar surface area (TPSA) is 94.6 Å². The highest BCUT2D eigenvalue weighted by Gasteiger charge is 2.65. The molecule has 2 aromatic carbocycles. The summed E-state index contributed by atoms with van der Waals surface area (Å²) in [6.45, 7) is 0.107. The predicted octanol–water partition coefficient (Wildman–Crippen LogP) is 2.70. The zero-order chi connectivity index (χ0) is 21.4. The maximum Gasteiger partial charge on any atom is 0.429 e. The lowest BCUT2D eigenvalue weighted by Crippen LogP contribution is -2.61. The fourth-order valence-electron chi connectivity index (χ4n) is 4.21. The molecule has 0 aromatic heterocycles. The van der Waals surface area contributed by atoms with E-state index in [4.69, 9.17) is 17.8 Å². The van der Waals surface area contributed by atoms with E-state index in [9.17, 15) is 13.8 Å². The standard InChI is InChI=1S/C21H20N2O7S/c24-20(27-12-14-7-3-1-4-8-14)22-16-11-17(19-18(16)29-31(26)30-19)23(22)21(25)28-13-15-9-5-2-6-10-15/h1-10,16-19H,11-13H2/t16-,17+,18+,19-,31?. The molecule has 10 heteroatoms. The van der Waals surface area contributed by atoms with E-state index in [1.165, 1.54) is 10.0 Å². The summed E-state index contributed by atoms with van der Waals surface area (Å²) < 4.78 is 33.3. The number of carbonyl (C=O) groups excluding carboxylic acids is 2. The molecule has 3 aliphatic rings. The summed E-state index contributed by atoms with van der Waals surface area (Å²) in [7, 11) is 0. The van der Waals surface area contributed by atoms with Crippen LogP contribution in [-0.2, 0) is 42.4 Å². The molecule has 9 nitrogen and oxygen atoms in total. The van der Waals surface area contributed by atoms with Gasteiger partial charge < -0.3 is 9.47 Å². The Balaban J connectivity index is 1.33. The Morgan fingerprint density at radius 1 is 0.806 bits per heavy atom. The monoisotopic (exact) mass is 444 g/mol. The van der Waals surface area contributed by atoms with E-state index in [1.54, 1.807) is 0 Å². The number of rotatable bonds is 4. The molecule has 1 unspecified atom stereocenters. The van der Waals surface area contributed by atoms with E-state index >= 15 is 0 Å². The Hall–Kier alpha value is -2.95. The van der Waals surface area contributed by atoms with E-state index in [1.807, 2.05) is 60.7 Å². The molecule has 0 radical (unpaired) electrons. The number of hydrazine groups is 1. The zero-order valence-corrected chi connectivity index (χ0v) is 17.2. The van der Waals surface area contributed by atoms with E-state index < -0.39 is 47.8 Å². The van der Waals surface area contributed by atoms with Crippen molar-refractivity contribution < 1.29 is 31.6 Å². The lowest BCUT2D eigenvalue weighted by molar-refractivity contribution is -0.0895. The Morgan fingerprint density at radius 2 is 1.23 bits per heavy atom. The van der Waals surface area contributed by atoms with Gasteiger partial charge in [0.2, 0.25) is 0 Å². The summed E-state index contributed by atoms with van der Waals surface area (Å²) in [6.07, 6.45) is -2.16. The first-order valence-corrected chi connectivity index (χ1v) is 10.9. The van der Waals surface area contributed by atoms with Crippen LogP contribution in [0.15, 0.2) is 60.7 Å². The molecule has 2 bridgehead atoms. The van der Waals surface area contributed by atoms with Crippen molar-refractivity contribution in [3.63, 3.8) is 0 Å². The van der Waals surface area contributed by atoms with Crippen LogP contribution < -0.4 is 0 Å². The van der Waals surface area contributed by atoms with Gasteiger partial charge in [0.1, 0.15) is 25.4 Å². The highest BCUT2D eigenvalue weighted by Crippen LogP contribution is 2.45. The lowest BCUT2D eigenvalue weighted by atomic mass is 10.1. The molecule has 1 aliphatic carbocycles. The van der Waals surface area contributed by atoms with Crippen molar-refractivity contribution in [1.82, 2.24) is 10.0 Å². The molecule has 0 spiro atoms. The zero-order valence-electron chi connectivity index (χ0n) is 16.4. The summed E-state index contributed by atoms with van der Waals surface area (Å²) in [5, 5.41) is 2.43. The fraction of sp³-hybridized carbons (Fsp3) is 0.333. The SMILES string of the molecule is O=C(OCc1ccccc1)N1[C@@H]2C[C@@H]([C@H]3OS(=O)O[C@H]32)N1C(=O)OCc1ccccc1. The van der Waals surface area contributed by atoms with Crippen LogP contribution in [0.1, 0.15) is 17.5 Å². The quantitative estimate of drug-likeness (QED) is 0.716. The minimum absolute atomic E-state index is 0.0534. The van der Waals surface area contributed by atoms with Gasteiger partial charge in [0.05, 0.1) is 12.1 Å². The second-order valence-corrected chi connectivity index (χ2v) is 8.26. The summed E-state index contributed by atoms with van der Waals surface area (Å²) in [4.78, 5) is 25.9. The number of benzene rings is 2. The number of ether oxygens (including phenoxy) is 2. The minimum atomic E-state index is -1.91. The van der Waals surface area contributed by atoms with E-state index in [0.29, 0.717) is 6.42 Å². The van der Waals surface area contributed by atoms with Crippen LogP contribution in [0.4, 0.5) is 9.59 Å². The van der Waals surface area contributed by atoms with Gasteiger partial charge in [-0.3, -0.25) is 8.37 Å². The van der Waals surface area contributed by atoms with E-state index in [0.717, 1.165) is 11.1 Å². The molecule has 31 heavy (non-hydrogen) atoms. The van der Waals surface area contributed by atoms with Crippen molar-refractivity contribution in [1.29, 1.82) is 0 Å². The first kappa shape index (κ1) is 20.0. The van der Waals surface area contributed by atoms with Gasteiger partial charge in [0.25, 0.3) is 0 Å². The molecule has 0 N–H and O–H groups in total. The van der Waals surface area contributed by atoms with Crippen molar-refractivity contribution >= 4 is 23.5 Å².